The molecule has 3 N–H and O–H groups in total. The van der Waals surface area contributed by atoms with Gasteiger partial charge in [0.25, 0.3) is 11.8 Å². The van der Waals surface area contributed by atoms with Gasteiger partial charge in [0.1, 0.15) is 5.82 Å². The van der Waals surface area contributed by atoms with Crippen molar-refractivity contribution in [3.05, 3.63) is 95.3 Å². The van der Waals surface area contributed by atoms with Gasteiger partial charge in [0, 0.05) is 16.9 Å². The van der Waals surface area contributed by atoms with Crippen LogP contribution in [0.3, 0.4) is 0 Å². The summed E-state index contributed by atoms with van der Waals surface area (Å²) in [7, 11) is 0. The lowest BCUT2D eigenvalue weighted by atomic mass is 10.1. The van der Waals surface area contributed by atoms with Crippen molar-refractivity contribution in [3.63, 3.8) is 0 Å². The minimum atomic E-state index is -0.635. The van der Waals surface area contributed by atoms with Gasteiger partial charge in [-0.25, -0.2) is 4.39 Å². The molecule has 3 rings (SSSR count). The van der Waals surface area contributed by atoms with Crippen molar-refractivity contribution in [1.82, 2.24) is 5.32 Å². The molecule has 0 spiro atoms. The number of nitrogens with one attached hydrogen (secondary N) is 3. The Bertz CT molecular complexity index is 1070. The van der Waals surface area contributed by atoms with Gasteiger partial charge < -0.3 is 10.6 Å². The van der Waals surface area contributed by atoms with Crippen LogP contribution in [0, 0.1) is 12.7 Å². The van der Waals surface area contributed by atoms with E-state index in [0.717, 1.165) is 5.56 Å². The molecular formula is C22H18FN3O2S. The number of aryl methyl sites for hydroxylation is 1. The Morgan fingerprint density at radius 3 is 2.24 bits per heavy atom. The summed E-state index contributed by atoms with van der Waals surface area (Å²) in [6.07, 6.45) is 0. The molecule has 2 amide bonds. The van der Waals surface area contributed by atoms with Crippen LogP contribution in [-0.2, 0) is 0 Å². The summed E-state index contributed by atoms with van der Waals surface area (Å²) in [4.78, 5) is 24.4. The molecule has 3 aromatic rings. The molecule has 0 saturated carbocycles. The van der Waals surface area contributed by atoms with E-state index in [-0.39, 0.29) is 16.6 Å². The lowest BCUT2D eigenvalue weighted by molar-refractivity contribution is 0.0972. The number of thiocarbonyl (C=S) groups is 1. The van der Waals surface area contributed by atoms with Crippen molar-refractivity contribution in [2.24, 2.45) is 0 Å². The summed E-state index contributed by atoms with van der Waals surface area (Å²) in [5.41, 5.74) is 2.56. The van der Waals surface area contributed by atoms with Crippen LogP contribution in [-0.4, -0.2) is 16.9 Å². The molecule has 0 heterocycles. The molecule has 0 aliphatic rings. The average Bonchev–Trinajstić information content (AvgIpc) is 2.70. The molecule has 0 bridgehead atoms. The molecule has 0 aromatic heterocycles. The Hall–Kier alpha value is -3.58. The topological polar surface area (TPSA) is 70.2 Å². The minimum Gasteiger partial charge on any atom is -0.332 e. The van der Waals surface area contributed by atoms with E-state index in [0.29, 0.717) is 16.9 Å². The van der Waals surface area contributed by atoms with E-state index in [1.807, 2.05) is 13.0 Å². The maximum absolute atomic E-state index is 13.7. The maximum Gasteiger partial charge on any atom is 0.260 e. The monoisotopic (exact) mass is 407 g/mol. The summed E-state index contributed by atoms with van der Waals surface area (Å²) >= 11 is 5.13. The Morgan fingerprint density at radius 2 is 1.55 bits per heavy atom. The Morgan fingerprint density at radius 1 is 0.862 bits per heavy atom. The van der Waals surface area contributed by atoms with Gasteiger partial charge in [0.05, 0.1) is 5.56 Å². The van der Waals surface area contributed by atoms with Gasteiger partial charge in [-0.3, -0.25) is 14.9 Å². The van der Waals surface area contributed by atoms with Gasteiger partial charge >= 0.3 is 0 Å². The molecule has 0 radical (unpaired) electrons. The number of hydrogen-bond acceptors (Lipinski definition) is 3. The van der Waals surface area contributed by atoms with E-state index in [9.17, 15) is 14.0 Å². The largest absolute Gasteiger partial charge is 0.332 e. The number of rotatable bonds is 4. The number of halogens is 1. The minimum absolute atomic E-state index is 0.0405. The molecule has 0 atom stereocenters. The fraction of sp³-hybridized carbons (Fsp3) is 0.0455. The zero-order valence-electron chi connectivity index (χ0n) is 15.5. The summed E-state index contributed by atoms with van der Waals surface area (Å²) in [6.45, 7) is 1.84. The molecular weight excluding hydrogens is 389 g/mol. The van der Waals surface area contributed by atoms with Crippen molar-refractivity contribution in [3.8, 4) is 0 Å². The first-order chi connectivity index (χ1) is 13.9. The molecule has 0 unspecified atom stereocenters. The zero-order chi connectivity index (χ0) is 20.8. The molecule has 0 aliphatic heterocycles. The van der Waals surface area contributed by atoms with Crippen molar-refractivity contribution in [1.29, 1.82) is 0 Å². The van der Waals surface area contributed by atoms with Crippen LogP contribution in [0.2, 0.25) is 0 Å². The first kappa shape index (κ1) is 20.2. The standard InChI is InChI=1S/C22H18FN3O2S/c1-14-13-16(11-12-19(14)25-20(27)15-7-3-2-4-8-15)24-22(29)26-21(28)17-9-5-6-10-18(17)23/h2-13H,1H3,(H,25,27)(H2,24,26,28,29). The second kappa shape index (κ2) is 9.07. The van der Waals surface area contributed by atoms with Crippen LogP contribution in [0.4, 0.5) is 15.8 Å². The molecule has 7 heteroatoms. The molecule has 146 valence electrons. The third kappa shape index (κ3) is 5.24. The van der Waals surface area contributed by atoms with E-state index < -0.39 is 11.7 Å². The molecule has 0 fully saturated rings. The second-order valence-corrected chi connectivity index (χ2v) is 6.65. The second-order valence-electron chi connectivity index (χ2n) is 6.24. The lowest BCUT2D eigenvalue weighted by Gasteiger charge is -2.13. The highest BCUT2D eigenvalue weighted by Crippen LogP contribution is 2.20. The Kier molecular flexibility index (Phi) is 6.31. The SMILES string of the molecule is Cc1cc(NC(=S)NC(=O)c2ccccc2F)ccc1NC(=O)c1ccccc1. The number of benzene rings is 3. The first-order valence-corrected chi connectivity index (χ1v) is 9.19. The summed E-state index contributed by atoms with van der Waals surface area (Å²) in [6, 6.07) is 19.8. The molecule has 5 nitrogen and oxygen atoms in total. The van der Waals surface area contributed by atoms with E-state index >= 15 is 0 Å². The number of carbonyl (C=O) groups excluding carboxylic acids is 2. The van der Waals surface area contributed by atoms with Gasteiger partial charge in [-0.05, 0) is 67.2 Å². The highest BCUT2D eigenvalue weighted by Gasteiger charge is 2.13. The predicted octanol–water partition coefficient (Wildman–Crippen LogP) is 4.51. The third-order valence-corrected chi connectivity index (χ3v) is 4.32. The van der Waals surface area contributed by atoms with Gasteiger partial charge in [-0.2, -0.15) is 0 Å². The average molecular weight is 407 g/mol. The third-order valence-electron chi connectivity index (χ3n) is 4.11. The Balaban J connectivity index is 1.63. The van der Waals surface area contributed by atoms with Crippen molar-refractivity contribution in [2.45, 2.75) is 6.92 Å². The smallest absolute Gasteiger partial charge is 0.260 e. The molecule has 0 saturated heterocycles. The van der Waals surface area contributed by atoms with Crippen molar-refractivity contribution >= 4 is 40.5 Å². The number of hydrogen-bond donors (Lipinski definition) is 3. The van der Waals surface area contributed by atoms with E-state index in [1.165, 1.54) is 18.2 Å². The molecule has 3 aromatic carbocycles. The van der Waals surface area contributed by atoms with Crippen molar-refractivity contribution < 1.29 is 14.0 Å². The number of carbonyl (C=O) groups is 2. The van der Waals surface area contributed by atoms with Crippen LogP contribution in [0.15, 0.2) is 72.8 Å². The van der Waals surface area contributed by atoms with E-state index in [1.54, 1.807) is 48.5 Å². The fourth-order valence-electron chi connectivity index (χ4n) is 2.64. The van der Waals surface area contributed by atoms with E-state index in [4.69, 9.17) is 12.2 Å². The summed E-state index contributed by atoms with van der Waals surface area (Å²) in [5, 5.41) is 8.22. The summed E-state index contributed by atoms with van der Waals surface area (Å²) in [5.74, 6) is -1.46. The normalized spacial score (nSPS) is 10.1. The summed E-state index contributed by atoms with van der Waals surface area (Å²) < 4.78 is 13.7. The molecule has 0 aliphatic carbocycles. The van der Waals surface area contributed by atoms with Crippen molar-refractivity contribution in [2.75, 3.05) is 10.6 Å². The zero-order valence-corrected chi connectivity index (χ0v) is 16.3. The lowest BCUT2D eigenvalue weighted by Crippen LogP contribution is -2.34. The predicted molar refractivity (Wildman–Crippen MR) is 116 cm³/mol. The van der Waals surface area contributed by atoms with Crippen LogP contribution in [0.25, 0.3) is 0 Å². The van der Waals surface area contributed by atoms with Gasteiger partial charge in [0.15, 0.2) is 5.11 Å². The van der Waals surface area contributed by atoms with E-state index in [2.05, 4.69) is 16.0 Å². The fourth-order valence-corrected chi connectivity index (χ4v) is 2.85. The molecule has 29 heavy (non-hydrogen) atoms. The first-order valence-electron chi connectivity index (χ1n) is 8.78. The van der Waals surface area contributed by atoms with Crippen LogP contribution >= 0.6 is 12.2 Å². The highest BCUT2D eigenvalue weighted by atomic mass is 32.1. The van der Waals surface area contributed by atoms with Crippen LogP contribution < -0.4 is 16.0 Å². The number of amides is 2. The number of anilines is 2. The van der Waals surface area contributed by atoms with Gasteiger partial charge in [0.2, 0.25) is 0 Å². The Labute approximate surface area is 173 Å². The van der Waals surface area contributed by atoms with Gasteiger partial charge in [-0.1, -0.05) is 30.3 Å². The van der Waals surface area contributed by atoms with Crippen LogP contribution in [0.5, 0.6) is 0 Å². The highest BCUT2D eigenvalue weighted by molar-refractivity contribution is 7.80. The maximum atomic E-state index is 13.7. The quantitative estimate of drug-likeness (QED) is 0.557. The van der Waals surface area contributed by atoms with Crippen LogP contribution in [0.1, 0.15) is 26.3 Å². The van der Waals surface area contributed by atoms with Gasteiger partial charge in [-0.15, -0.1) is 0 Å².